The number of methoxy groups -OCH3 is 1. The lowest BCUT2D eigenvalue weighted by Crippen LogP contribution is -2.56. The van der Waals surface area contributed by atoms with Crippen LogP contribution in [0.1, 0.15) is 47.3 Å². The van der Waals surface area contributed by atoms with Crippen molar-refractivity contribution in [3.8, 4) is 17.2 Å². The molecule has 0 heterocycles. The number of benzene rings is 3. The molecule has 0 spiro atoms. The van der Waals surface area contributed by atoms with Crippen LogP contribution in [-0.2, 0) is 28.1 Å². The lowest BCUT2D eigenvalue weighted by Gasteiger charge is -2.37. The minimum absolute atomic E-state index is 0.0418. The van der Waals surface area contributed by atoms with E-state index in [1.165, 1.54) is 25.1 Å². The van der Waals surface area contributed by atoms with E-state index in [2.05, 4.69) is 9.47 Å². The van der Waals surface area contributed by atoms with Crippen molar-refractivity contribution in [2.24, 2.45) is 0 Å². The van der Waals surface area contributed by atoms with Gasteiger partial charge in [0.2, 0.25) is 0 Å². The molecule has 3 aromatic carbocycles. The van der Waals surface area contributed by atoms with Crippen LogP contribution in [-0.4, -0.2) is 32.0 Å². The fourth-order valence-corrected chi connectivity index (χ4v) is 4.08. The van der Waals surface area contributed by atoms with Gasteiger partial charge in [-0.25, -0.2) is 0 Å². The minimum Gasteiger partial charge on any atom is -0.488 e. The van der Waals surface area contributed by atoms with Gasteiger partial charge in [0.25, 0.3) is 5.60 Å². The Balaban J connectivity index is 2.02. The molecule has 0 saturated heterocycles. The van der Waals surface area contributed by atoms with E-state index in [1.807, 2.05) is 30.3 Å². The van der Waals surface area contributed by atoms with Gasteiger partial charge in [0.15, 0.2) is 5.78 Å². The van der Waals surface area contributed by atoms with Crippen molar-refractivity contribution in [2.45, 2.75) is 51.2 Å². The Kier molecular flexibility index (Phi) is 9.86. The lowest BCUT2D eigenvalue weighted by atomic mass is 9.89. The van der Waals surface area contributed by atoms with Crippen LogP contribution >= 0.6 is 0 Å². The normalized spacial score (nSPS) is 12.3. The van der Waals surface area contributed by atoms with Crippen LogP contribution in [0, 0.1) is 0 Å². The molecule has 0 saturated carbocycles. The second-order valence-corrected chi connectivity index (χ2v) is 8.89. The molecule has 11 heteroatoms. The van der Waals surface area contributed by atoms with Crippen LogP contribution in [0.15, 0.2) is 66.7 Å². The average Bonchev–Trinajstić information content (AvgIpc) is 2.88. The number of rotatable bonds is 12. The molecule has 40 heavy (non-hydrogen) atoms. The first kappa shape index (κ1) is 31.0. The van der Waals surface area contributed by atoms with Crippen molar-refractivity contribution in [1.82, 2.24) is 0 Å². The van der Waals surface area contributed by atoms with Crippen molar-refractivity contribution < 1.29 is 50.1 Å². The van der Waals surface area contributed by atoms with Gasteiger partial charge in [-0.1, -0.05) is 49.7 Å². The number of hydrogen-bond donors (Lipinski definition) is 0. The first-order chi connectivity index (χ1) is 18.8. The number of ether oxygens (including phenoxy) is 4. The molecule has 0 aliphatic carbocycles. The summed E-state index contributed by atoms with van der Waals surface area (Å²) in [5, 5.41) is 0. The fraction of sp³-hybridized carbons (Fsp3) is 0.345. The van der Waals surface area contributed by atoms with Crippen LogP contribution in [0.3, 0.4) is 0 Å². The van der Waals surface area contributed by atoms with Crippen LogP contribution in [0.4, 0.5) is 26.3 Å². The Morgan fingerprint density at radius 3 is 2.10 bits per heavy atom. The van der Waals surface area contributed by atoms with Gasteiger partial charge in [-0.2, -0.15) is 26.3 Å². The van der Waals surface area contributed by atoms with Crippen LogP contribution in [0.5, 0.6) is 17.2 Å². The summed E-state index contributed by atoms with van der Waals surface area (Å²) in [4.78, 5) is 12.1. The molecule has 0 aliphatic rings. The summed E-state index contributed by atoms with van der Waals surface area (Å²) >= 11 is 0. The number of ketones is 1. The van der Waals surface area contributed by atoms with Gasteiger partial charge >= 0.3 is 12.4 Å². The molecule has 0 atom stereocenters. The van der Waals surface area contributed by atoms with Gasteiger partial charge in [0.05, 0.1) is 5.56 Å². The molecule has 0 radical (unpaired) electrons. The molecule has 216 valence electrons. The van der Waals surface area contributed by atoms with Gasteiger partial charge in [0, 0.05) is 18.7 Å². The van der Waals surface area contributed by atoms with Gasteiger partial charge in [-0.3, -0.25) is 4.79 Å². The molecular formula is C29H28F6O5. The Labute approximate surface area is 227 Å². The predicted octanol–water partition coefficient (Wildman–Crippen LogP) is 8.15. The summed E-state index contributed by atoms with van der Waals surface area (Å²) in [6.07, 6.45) is -11.2. The summed E-state index contributed by atoms with van der Waals surface area (Å²) in [6.45, 7) is 1.99. The lowest BCUT2D eigenvalue weighted by molar-refractivity contribution is -0.400. The smallest absolute Gasteiger partial charge is 0.430 e. The number of Topliss-reactive ketones (excluding diaryl/α,β-unsaturated/α-hetero) is 1. The zero-order valence-electron chi connectivity index (χ0n) is 22.0. The maximum atomic E-state index is 14.0. The summed E-state index contributed by atoms with van der Waals surface area (Å²) in [5.41, 5.74) is -4.54. The molecule has 0 aliphatic heterocycles. The van der Waals surface area contributed by atoms with E-state index in [1.54, 1.807) is 6.92 Å². The maximum absolute atomic E-state index is 14.0. The van der Waals surface area contributed by atoms with E-state index in [0.29, 0.717) is 12.5 Å². The minimum atomic E-state index is -5.84. The molecular weight excluding hydrogens is 542 g/mol. The molecule has 0 bridgehead atoms. The van der Waals surface area contributed by atoms with E-state index in [4.69, 9.17) is 9.47 Å². The van der Waals surface area contributed by atoms with Crippen LogP contribution in [0.2, 0.25) is 0 Å². The third-order valence-electron chi connectivity index (χ3n) is 5.98. The SMILES string of the molecule is CCCc1cc(C(OCOC)(C(F)(F)F)C(F)(F)F)ccc1Oc1ccc(C(C)=O)c(OCc2ccccc2)c1. The van der Waals surface area contributed by atoms with Gasteiger partial charge in [-0.05, 0) is 48.7 Å². The van der Waals surface area contributed by atoms with Gasteiger partial charge in [0.1, 0.15) is 30.6 Å². The van der Waals surface area contributed by atoms with Crippen molar-refractivity contribution in [3.63, 3.8) is 0 Å². The number of halogens is 6. The van der Waals surface area contributed by atoms with Gasteiger partial charge in [-0.15, -0.1) is 0 Å². The number of carbonyl (C=O) groups excluding carboxylic acids is 1. The number of carbonyl (C=O) groups is 1. The molecule has 5 nitrogen and oxygen atoms in total. The molecule has 0 amide bonds. The Bertz CT molecular complexity index is 1270. The topological polar surface area (TPSA) is 54.0 Å². The van der Waals surface area contributed by atoms with Crippen molar-refractivity contribution in [1.29, 1.82) is 0 Å². The highest BCUT2D eigenvalue weighted by Crippen LogP contribution is 2.53. The van der Waals surface area contributed by atoms with E-state index in [0.717, 1.165) is 24.8 Å². The standard InChI is InChI=1S/C29H28F6O5/c1-4-8-21-15-22(27(28(30,31)32,29(33,34)35)39-18-37-3)11-14-25(21)40-23-12-13-24(19(2)36)26(16-23)38-17-20-9-6-5-7-10-20/h5-7,9-16H,4,8,17-18H2,1-3H3. The highest BCUT2D eigenvalue weighted by atomic mass is 19.4. The van der Waals surface area contributed by atoms with E-state index in [-0.39, 0.29) is 47.2 Å². The fourth-order valence-electron chi connectivity index (χ4n) is 4.08. The maximum Gasteiger partial charge on any atom is 0.430 e. The Morgan fingerprint density at radius 2 is 1.52 bits per heavy atom. The molecule has 0 fully saturated rings. The average molecular weight is 571 g/mol. The second kappa shape index (κ2) is 12.7. The van der Waals surface area contributed by atoms with E-state index in [9.17, 15) is 31.1 Å². The van der Waals surface area contributed by atoms with Crippen molar-refractivity contribution in [2.75, 3.05) is 13.9 Å². The monoisotopic (exact) mass is 570 g/mol. The summed E-state index contributed by atoms with van der Waals surface area (Å²) in [7, 11) is 0.923. The van der Waals surface area contributed by atoms with Crippen LogP contribution in [0.25, 0.3) is 0 Å². The highest BCUT2D eigenvalue weighted by Gasteiger charge is 2.73. The summed E-state index contributed by atoms with van der Waals surface area (Å²) in [6, 6.07) is 16.0. The highest BCUT2D eigenvalue weighted by molar-refractivity contribution is 5.97. The van der Waals surface area contributed by atoms with Crippen molar-refractivity contribution in [3.05, 3.63) is 89.0 Å². The number of hydrogen-bond acceptors (Lipinski definition) is 5. The molecule has 0 N–H and O–H groups in total. The molecule has 3 rings (SSSR count). The summed E-state index contributed by atoms with van der Waals surface area (Å²) in [5.74, 6) is 0.160. The largest absolute Gasteiger partial charge is 0.488 e. The third-order valence-corrected chi connectivity index (χ3v) is 5.98. The quantitative estimate of drug-likeness (QED) is 0.125. The predicted molar refractivity (Wildman–Crippen MR) is 134 cm³/mol. The Hall–Kier alpha value is -3.57. The molecule has 0 aromatic heterocycles. The number of alkyl halides is 6. The zero-order valence-corrected chi connectivity index (χ0v) is 22.0. The Morgan fingerprint density at radius 1 is 0.850 bits per heavy atom. The first-order valence-electron chi connectivity index (χ1n) is 12.2. The molecule has 3 aromatic rings. The zero-order chi connectivity index (χ0) is 29.6. The third kappa shape index (κ3) is 6.76. The van der Waals surface area contributed by atoms with Gasteiger partial charge < -0.3 is 18.9 Å². The van der Waals surface area contributed by atoms with Crippen LogP contribution < -0.4 is 9.47 Å². The van der Waals surface area contributed by atoms with E-state index >= 15 is 0 Å². The number of aryl methyl sites for hydroxylation is 1. The summed E-state index contributed by atoms with van der Waals surface area (Å²) < 4.78 is 105. The molecule has 0 unspecified atom stereocenters. The second-order valence-electron chi connectivity index (χ2n) is 8.89. The van der Waals surface area contributed by atoms with E-state index < -0.39 is 30.3 Å². The van der Waals surface area contributed by atoms with Crippen molar-refractivity contribution >= 4 is 5.78 Å². The first-order valence-corrected chi connectivity index (χ1v) is 12.2.